The van der Waals surface area contributed by atoms with Gasteiger partial charge in [0.25, 0.3) is 5.91 Å². The van der Waals surface area contributed by atoms with Gasteiger partial charge in [0.15, 0.2) is 0 Å². The van der Waals surface area contributed by atoms with Gasteiger partial charge in [0.1, 0.15) is 5.75 Å². The van der Waals surface area contributed by atoms with Crippen LogP contribution < -0.4 is 15.8 Å². The minimum atomic E-state index is -0.177. The van der Waals surface area contributed by atoms with E-state index in [-0.39, 0.29) is 5.91 Å². The van der Waals surface area contributed by atoms with Crippen LogP contribution in [0.25, 0.3) is 0 Å². The molecule has 20 heavy (non-hydrogen) atoms. The van der Waals surface area contributed by atoms with E-state index in [4.69, 9.17) is 10.5 Å². The Morgan fingerprint density at radius 3 is 2.75 bits per heavy atom. The van der Waals surface area contributed by atoms with E-state index < -0.39 is 0 Å². The molecule has 0 fully saturated rings. The van der Waals surface area contributed by atoms with E-state index in [1.807, 2.05) is 37.3 Å². The first-order chi connectivity index (χ1) is 9.63. The molecule has 2 aromatic rings. The lowest BCUT2D eigenvalue weighted by Crippen LogP contribution is -2.13. The van der Waals surface area contributed by atoms with Crippen molar-refractivity contribution in [3.8, 4) is 5.75 Å². The van der Waals surface area contributed by atoms with E-state index in [1.54, 1.807) is 19.2 Å². The Morgan fingerprint density at radius 2 is 2.05 bits per heavy atom. The molecule has 0 atom stereocenters. The first kappa shape index (κ1) is 14.1. The molecule has 3 N–H and O–H groups in total. The van der Waals surface area contributed by atoms with Crippen LogP contribution in [0.5, 0.6) is 5.75 Å². The van der Waals surface area contributed by atoms with Gasteiger partial charge in [-0.05, 0) is 42.3 Å². The number of methoxy groups -OCH3 is 1. The molecule has 0 aliphatic carbocycles. The number of carbonyl (C=O) groups excluding carboxylic acids is 1. The Morgan fingerprint density at radius 1 is 1.25 bits per heavy atom. The van der Waals surface area contributed by atoms with Crippen molar-refractivity contribution >= 4 is 11.6 Å². The maximum Gasteiger partial charge on any atom is 0.255 e. The van der Waals surface area contributed by atoms with E-state index >= 15 is 0 Å². The van der Waals surface area contributed by atoms with Crippen LogP contribution in [-0.2, 0) is 6.54 Å². The van der Waals surface area contributed by atoms with E-state index in [2.05, 4.69) is 5.32 Å². The van der Waals surface area contributed by atoms with Gasteiger partial charge in [0.2, 0.25) is 0 Å². The molecule has 0 bridgehead atoms. The molecule has 0 radical (unpaired) electrons. The summed E-state index contributed by atoms with van der Waals surface area (Å²) in [6.07, 6.45) is 0. The minimum absolute atomic E-state index is 0.177. The zero-order valence-corrected chi connectivity index (χ0v) is 11.6. The fraction of sp³-hybridized carbons (Fsp3) is 0.188. The second-order valence-corrected chi connectivity index (χ2v) is 4.56. The van der Waals surface area contributed by atoms with Gasteiger partial charge in [-0.15, -0.1) is 0 Å². The topological polar surface area (TPSA) is 64.3 Å². The molecule has 1 amide bonds. The third-order valence-electron chi connectivity index (χ3n) is 3.03. The number of ether oxygens (including phenoxy) is 1. The molecule has 0 saturated heterocycles. The molecule has 0 spiro atoms. The van der Waals surface area contributed by atoms with E-state index in [0.29, 0.717) is 23.5 Å². The summed E-state index contributed by atoms with van der Waals surface area (Å²) in [6, 6.07) is 12.9. The highest BCUT2D eigenvalue weighted by atomic mass is 16.5. The summed E-state index contributed by atoms with van der Waals surface area (Å²) in [4.78, 5) is 12.3. The lowest BCUT2D eigenvalue weighted by Gasteiger charge is -2.11. The normalized spacial score (nSPS) is 10.2. The number of rotatable bonds is 4. The van der Waals surface area contributed by atoms with Crippen LogP contribution in [0.4, 0.5) is 5.69 Å². The molecule has 104 valence electrons. The van der Waals surface area contributed by atoms with Crippen LogP contribution in [0.2, 0.25) is 0 Å². The highest BCUT2D eigenvalue weighted by Gasteiger charge is 2.10. The fourth-order valence-corrected chi connectivity index (χ4v) is 1.95. The van der Waals surface area contributed by atoms with Gasteiger partial charge in [-0.1, -0.05) is 18.2 Å². The van der Waals surface area contributed by atoms with Crippen molar-refractivity contribution in [2.45, 2.75) is 13.5 Å². The second kappa shape index (κ2) is 6.21. The van der Waals surface area contributed by atoms with Crippen LogP contribution in [0.3, 0.4) is 0 Å². The largest absolute Gasteiger partial charge is 0.495 e. The van der Waals surface area contributed by atoms with Gasteiger partial charge in [-0.2, -0.15) is 0 Å². The quantitative estimate of drug-likeness (QED) is 0.897. The number of nitrogens with two attached hydrogens (primary N) is 1. The van der Waals surface area contributed by atoms with Crippen molar-refractivity contribution < 1.29 is 9.53 Å². The molecule has 2 rings (SSSR count). The van der Waals surface area contributed by atoms with Crippen molar-refractivity contribution in [2.75, 3.05) is 12.4 Å². The molecule has 2 aromatic carbocycles. The predicted octanol–water partition coefficient (Wildman–Crippen LogP) is 2.71. The van der Waals surface area contributed by atoms with Crippen LogP contribution in [0.1, 0.15) is 21.5 Å². The van der Waals surface area contributed by atoms with Gasteiger partial charge >= 0.3 is 0 Å². The number of anilines is 1. The highest BCUT2D eigenvalue weighted by Crippen LogP contribution is 2.25. The summed E-state index contributed by atoms with van der Waals surface area (Å²) in [5.74, 6) is 0.461. The zero-order chi connectivity index (χ0) is 14.5. The van der Waals surface area contributed by atoms with Crippen LogP contribution in [0, 0.1) is 6.92 Å². The van der Waals surface area contributed by atoms with E-state index in [9.17, 15) is 4.79 Å². The maximum absolute atomic E-state index is 12.3. The maximum atomic E-state index is 12.3. The zero-order valence-electron chi connectivity index (χ0n) is 11.6. The Kier molecular flexibility index (Phi) is 4.38. The smallest absolute Gasteiger partial charge is 0.255 e. The Bertz CT molecular complexity index is 624. The van der Waals surface area contributed by atoms with E-state index in [0.717, 1.165) is 11.1 Å². The first-order valence-corrected chi connectivity index (χ1v) is 6.39. The monoisotopic (exact) mass is 270 g/mol. The SMILES string of the molecule is COc1ccc(C)cc1NC(=O)c1cccc(CN)c1. The van der Waals surface area contributed by atoms with Crippen LogP contribution in [-0.4, -0.2) is 13.0 Å². The van der Waals surface area contributed by atoms with Gasteiger partial charge in [-0.3, -0.25) is 4.79 Å². The average molecular weight is 270 g/mol. The number of amides is 1. The number of nitrogens with one attached hydrogen (secondary N) is 1. The lowest BCUT2D eigenvalue weighted by molar-refractivity contribution is 0.102. The molecule has 4 nitrogen and oxygen atoms in total. The summed E-state index contributed by atoms with van der Waals surface area (Å²) in [6.45, 7) is 2.37. The summed E-state index contributed by atoms with van der Waals surface area (Å²) in [5, 5.41) is 2.87. The molecule has 0 heterocycles. The first-order valence-electron chi connectivity index (χ1n) is 6.39. The summed E-state index contributed by atoms with van der Waals surface area (Å²) in [7, 11) is 1.58. The van der Waals surface area contributed by atoms with Crippen molar-refractivity contribution in [1.29, 1.82) is 0 Å². The standard InChI is InChI=1S/C16H18N2O2/c1-11-6-7-15(20-2)14(8-11)18-16(19)13-5-3-4-12(9-13)10-17/h3-9H,10,17H2,1-2H3,(H,18,19). The minimum Gasteiger partial charge on any atom is -0.495 e. The number of hydrogen-bond acceptors (Lipinski definition) is 3. The summed E-state index contributed by atoms with van der Waals surface area (Å²) >= 11 is 0. The van der Waals surface area contributed by atoms with Gasteiger partial charge < -0.3 is 15.8 Å². The summed E-state index contributed by atoms with van der Waals surface area (Å²) in [5.41, 5.74) is 8.81. The second-order valence-electron chi connectivity index (χ2n) is 4.56. The molecule has 0 saturated carbocycles. The fourth-order valence-electron chi connectivity index (χ4n) is 1.95. The molecule has 0 unspecified atom stereocenters. The van der Waals surface area contributed by atoms with Crippen molar-refractivity contribution in [1.82, 2.24) is 0 Å². The summed E-state index contributed by atoms with van der Waals surface area (Å²) < 4.78 is 5.25. The molecule has 0 aromatic heterocycles. The number of aryl methyl sites for hydroxylation is 1. The van der Waals surface area contributed by atoms with Crippen molar-refractivity contribution in [3.63, 3.8) is 0 Å². The third-order valence-corrected chi connectivity index (χ3v) is 3.03. The third kappa shape index (κ3) is 3.16. The number of carbonyl (C=O) groups is 1. The molecule has 4 heteroatoms. The lowest BCUT2D eigenvalue weighted by atomic mass is 10.1. The Labute approximate surface area is 118 Å². The van der Waals surface area contributed by atoms with Gasteiger partial charge in [-0.25, -0.2) is 0 Å². The molecule has 0 aliphatic heterocycles. The van der Waals surface area contributed by atoms with Gasteiger partial charge in [0, 0.05) is 12.1 Å². The van der Waals surface area contributed by atoms with Crippen molar-refractivity contribution in [2.24, 2.45) is 5.73 Å². The number of benzene rings is 2. The molecular weight excluding hydrogens is 252 g/mol. The Balaban J connectivity index is 2.25. The predicted molar refractivity (Wildman–Crippen MR) is 80.0 cm³/mol. The average Bonchev–Trinajstić information content (AvgIpc) is 2.47. The van der Waals surface area contributed by atoms with Crippen molar-refractivity contribution in [3.05, 3.63) is 59.2 Å². The highest BCUT2D eigenvalue weighted by molar-refractivity contribution is 6.05. The van der Waals surface area contributed by atoms with E-state index in [1.165, 1.54) is 0 Å². The number of hydrogen-bond donors (Lipinski definition) is 2. The van der Waals surface area contributed by atoms with Crippen LogP contribution in [0.15, 0.2) is 42.5 Å². The molecule has 0 aliphatic rings. The van der Waals surface area contributed by atoms with Crippen LogP contribution >= 0.6 is 0 Å². The van der Waals surface area contributed by atoms with Gasteiger partial charge in [0.05, 0.1) is 12.8 Å². The Hall–Kier alpha value is -2.33. The molecular formula is C16H18N2O2.